The van der Waals surface area contributed by atoms with Gasteiger partial charge in [-0.25, -0.2) is 4.98 Å². The third-order valence-electron chi connectivity index (χ3n) is 1.47. The second-order valence-corrected chi connectivity index (χ2v) is 3.42. The molecule has 1 heterocycles. The molecule has 0 unspecified atom stereocenters. The molecule has 60 valence electrons. The number of pyridine rings is 1. The van der Waals surface area contributed by atoms with Crippen LogP contribution in [0.25, 0.3) is 0 Å². The Morgan fingerprint density at radius 3 is 2.36 bits per heavy atom. The molecule has 0 saturated carbocycles. The van der Waals surface area contributed by atoms with Gasteiger partial charge in [-0.3, -0.25) is 0 Å². The molecule has 0 aliphatic rings. The van der Waals surface area contributed by atoms with E-state index in [1.807, 2.05) is 13.8 Å². The molecule has 0 aliphatic carbocycles. The number of hydrogen-bond donors (Lipinski definition) is 0. The molecule has 1 aromatic rings. The number of aromatic nitrogens is 1. The van der Waals surface area contributed by atoms with Crippen molar-refractivity contribution >= 4 is 23.2 Å². The first-order valence-corrected chi connectivity index (χ1v) is 4.18. The van der Waals surface area contributed by atoms with Crippen LogP contribution >= 0.6 is 23.2 Å². The Hall–Kier alpha value is -0.270. The SMILES string of the molecule is CC(C)c1c(Cl)ccnc1Cl. The van der Waals surface area contributed by atoms with Crippen LogP contribution in [0.1, 0.15) is 25.3 Å². The van der Waals surface area contributed by atoms with Gasteiger partial charge in [-0.2, -0.15) is 0 Å². The summed E-state index contributed by atoms with van der Waals surface area (Å²) in [6.45, 7) is 4.07. The molecule has 1 nitrogen and oxygen atoms in total. The number of nitrogens with zero attached hydrogens (tertiary/aromatic N) is 1. The first-order chi connectivity index (χ1) is 5.13. The molecule has 0 bridgehead atoms. The summed E-state index contributed by atoms with van der Waals surface area (Å²) in [6.07, 6.45) is 1.61. The van der Waals surface area contributed by atoms with E-state index in [2.05, 4.69) is 4.98 Å². The molecule has 1 aromatic heterocycles. The third kappa shape index (κ3) is 1.85. The Kier molecular flexibility index (Phi) is 2.74. The first kappa shape index (κ1) is 8.82. The molecule has 0 amide bonds. The average Bonchev–Trinajstić information content (AvgIpc) is 1.85. The monoisotopic (exact) mass is 189 g/mol. The quantitative estimate of drug-likeness (QED) is 0.617. The van der Waals surface area contributed by atoms with Crippen LogP contribution in [-0.4, -0.2) is 4.98 Å². The van der Waals surface area contributed by atoms with E-state index in [4.69, 9.17) is 23.2 Å². The van der Waals surface area contributed by atoms with Crippen LogP contribution in [0.2, 0.25) is 10.2 Å². The molecule has 0 N–H and O–H groups in total. The lowest BCUT2D eigenvalue weighted by Crippen LogP contribution is -1.91. The summed E-state index contributed by atoms with van der Waals surface area (Å²) >= 11 is 11.7. The zero-order valence-electron chi connectivity index (χ0n) is 6.44. The van der Waals surface area contributed by atoms with Crippen LogP contribution in [0, 0.1) is 0 Å². The van der Waals surface area contributed by atoms with E-state index in [1.165, 1.54) is 0 Å². The lowest BCUT2D eigenvalue weighted by atomic mass is 10.1. The van der Waals surface area contributed by atoms with Gasteiger partial charge in [0.15, 0.2) is 0 Å². The van der Waals surface area contributed by atoms with E-state index in [0.29, 0.717) is 16.1 Å². The normalized spacial score (nSPS) is 10.6. The molecule has 0 atom stereocenters. The summed E-state index contributed by atoms with van der Waals surface area (Å²) in [6, 6.07) is 1.75. The predicted octanol–water partition coefficient (Wildman–Crippen LogP) is 3.51. The van der Waals surface area contributed by atoms with Gasteiger partial charge in [0.25, 0.3) is 0 Å². The van der Waals surface area contributed by atoms with E-state index in [9.17, 15) is 0 Å². The highest BCUT2D eigenvalue weighted by molar-refractivity contribution is 6.35. The van der Waals surface area contributed by atoms with E-state index >= 15 is 0 Å². The lowest BCUT2D eigenvalue weighted by molar-refractivity contribution is 0.859. The number of hydrogen-bond acceptors (Lipinski definition) is 1. The molecule has 0 aliphatic heterocycles. The van der Waals surface area contributed by atoms with E-state index in [0.717, 1.165) is 5.56 Å². The van der Waals surface area contributed by atoms with Crippen molar-refractivity contribution in [3.8, 4) is 0 Å². The fraction of sp³-hybridized carbons (Fsp3) is 0.375. The van der Waals surface area contributed by atoms with Crippen molar-refractivity contribution in [3.05, 3.63) is 28.0 Å². The van der Waals surface area contributed by atoms with Gasteiger partial charge in [0.1, 0.15) is 5.15 Å². The standard InChI is InChI=1S/C8H9Cl2N/c1-5(2)7-6(9)3-4-11-8(7)10/h3-5H,1-2H3. The van der Waals surface area contributed by atoms with Crippen molar-refractivity contribution in [1.29, 1.82) is 0 Å². The van der Waals surface area contributed by atoms with Gasteiger partial charge in [0.05, 0.1) is 0 Å². The highest BCUT2D eigenvalue weighted by Gasteiger charge is 2.09. The summed E-state index contributed by atoms with van der Waals surface area (Å²) < 4.78 is 0. The van der Waals surface area contributed by atoms with Gasteiger partial charge in [-0.1, -0.05) is 37.0 Å². The van der Waals surface area contributed by atoms with Crippen LogP contribution in [0.15, 0.2) is 12.3 Å². The van der Waals surface area contributed by atoms with Crippen molar-refractivity contribution in [3.63, 3.8) is 0 Å². The number of halogens is 2. The second-order valence-electron chi connectivity index (χ2n) is 2.65. The fourth-order valence-corrected chi connectivity index (χ4v) is 1.73. The van der Waals surface area contributed by atoms with Crippen LogP contribution < -0.4 is 0 Å². The Morgan fingerprint density at radius 1 is 1.36 bits per heavy atom. The Labute approximate surface area is 76.4 Å². The molecule has 1 rings (SSSR count). The van der Waals surface area contributed by atoms with Crippen molar-refractivity contribution < 1.29 is 0 Å². The summed E-state index contributed by atoms with van der Waals surface area (Å²) in [5.74, 6) is 0.323. The summed E-state index contributed by atoms with van der Waals surface area (Å²) in [5.41, 5.74) is 0.927. The van der Waals surface area contributed by atoms with Gasteiger partial charge in [0.2, 0.25) is 0 Å². The molecule has 0 radical (unpaired) electrons. The Morgan fingerprint density at radius 2 is 2.00 bits per heavy atom. The van der Waals surface area contributed by atoms with Gasteiger partial charge >= 0.3 is 0 Å². The van der Waals surface area contributed by atoms with Crippen molar-refractivity contribution in [2.24, 2.45) is 0 Å². The zero-order chi connectivity index (χ0) is 8.43. The summed E-state index contributed by atoms with van der Waals surface area (Å²) in [4.78, 5) is 3.94. The maximum absolute atomic E-state index is 5.90. The van der Waals surface area contributed by atoms with E-state index < -0.39 is 0 Å². The summed E-state index contributed by atoms with van der Waals surface area (Å²) in [5, 5.41) is 1.20. The van der Waals surface area contributed by atoms with Crippen LogP contribution in [0.5, 0.6) is 0 Å². The minimum atomic E-state index is 0.323. The largest absolute Gasteiger partial charge is 0.244 e. The second kappa shape index (κ2) is 3.42. The van der Waals surface area contributed by atoms with E-state index in [-0.39, 0.29) is 0 Å². The molecule has 0 saturated heterocycles. The minimum Gasteiger partial charge on any atom is -0.244 e. The smallest absolute Gasteiger partial charge is 0.133 e. The van der Waals surface area contributed by atoms with Gasteiger partial charge in [0, 0.05) is 16.8 Å². The predicted molar refractivity (Wildman–Crippen MR) is 48.3 cm³/mol. The number of rotatable bonds is 1. The third-order valence-corrected chi connectivity index (χ3v) is 2.10. The van der Waals surface area contributed by atoms with Crippen LogP contribution in [-0.2, 0) is 0 Å². The maximum Gasteiger partial charge on any atom is 0.133 e. The van der Waals surface area contributed by atoms with Crippen LogP contribution in [0.3, 0.4) is 0 Å². The average molecular weight is 190 g/mol. The minimum absolute atomic E-state index is 0.323. The van der Waals surface area contributed by atoms with Crippen LogP contribution in [0.4, 0.5) is 0 Å². The molecule has 0 fully saturated rings. The van der Waals surface area contributed by atoms with Gasteiger partial charge in [-0.15, -0.1) is 0 Å². The molecular formula is C8H9Cl2N. The Bertz CT molecular complexity index is 238. The van der Waals surface area contributed by atoms with Crippen molar-refractivity contribution in [1.82, 2.24) is 4.98 Å². The highest BCUT2D eigenvalue weighted by atomic mass is 35.5. The molecular weight excluding hydrogens is 181 g/mol. The molecule has 3 heteroatoms. The summed E-state index contributed by atoms with van der Waals surface area (Å²) in [7, 11) is 0. The van der Waals surface area contributed by atoms with E-state index in [1.54, 1.807) is 12.3 Å². The molecule has 11 heavy (non-hydrogen) atoms. The molecule has 0 aromatic carbocycles. The zero-order valence-corrected chi connectivity index (χ0v) is 7.95. The first-order valence-electron chi connectivity index (χ1n) is 3.43. The topological polar surface area (TPSA) is 12.9 Å². The Balaban J connectivity index is 3.21. The van der Waals surface area contributed by atoms with Crippen molar-refractivity contribution in [2.75, 3.05) is 0 Å². The molecule has 0 spiro atoms. The van der Waals surface area contributed by atoms with Gasteiger partial charge < -0.3 is 0 Å². The highest BCUT2D eigenvalue weighted by Crippen LogP contribution is 2.28. The fourth-order valence-electron chi connectivity index (χ4n) is 0.940. The van der Waals surface area contributed by atoms with Crippen molar-refractivity contribution in [2.45, 2.75) is 19.8 Å². The lowest BCUT2D eigenvalue weighted by Gasteiger charge is -2.08. The van der Waals surface area contributed by atoms with Gasteiger partial charge in [-0.05, 0) is 12.0 Å². The maximum atomic E-state index is 5.90.